The lowest BCUT2D eigenvalue weighted by Gasteiger charge is -2.06. The van der Waals surface area contributed by atoms with E-state index in [1.54, 1.807) is 12.1 Å². The minimum absolute atomic E-state index is 0.126. The number of aromatic nitrogens is 3. The second-order valence-electron chi connectivity index (χ2n) is 5.22. The third kappa shape index (κ3) is 4.37. The second-order valence-corrected chi connectivity index (χ2v) is 5.61. The van der Waals surface area contributed by atoms with Crippen LogP contribution in [0.15, 0.2) is 59.7 Å². The van der Waals surface area contributed by atoms with Gasteiger partial charge in [0, 0.05) is 0 Å². The molecule has 1 N–H and O–H groups in total. The Morgan fingerprint density at radius 2 is 1.81 bits per heavy atom. The zero-order chi connectivity index (χ0) is 18.6. The molecule has 5 nitrogen and oxygen atoms in total. The van der Waals surface area contributed by atoms with Gasteiger partial charge in [-0.1, -0.05) is 30.3 Å². The highest BCUT2D eigenvalue weighted by Crippen LogP contribution is 2.28. The predicted octanol–water partition coefficient (Wildman–Crippen LogP) is 4.42. The maximum Gasteiger partial charge on any atom is 0.416 e. The first-order valence-corrected chi connectivity index (χ1v) is 7.90. The topological polar surface area (TPSA) is 55.2 Å². The van der Waals surface area contributed by atoms with Gasteiger partial charge in [-0.15, -0.1) is 0 Å². The summed E-state index contributed by atoms with van der Waals surface area (Å²) in [5.41, 5.74) is -0.220. The maximum absolute atomic E-state index is 12.6. The van der Waals surface area contributed by atoms with E-state index in [9.17, 15) is 13.2 Å². The number of nitrogens with one attached hydrogen (secondary N) is 1. The molecule has 134 valence electrons. The number of ether oxygens (including phenoxy) is 1. The van der Waals surface area contributed by atoms with Gasteiger partial charge in [0.25, 0.3) is 0 Å². The van der Waals surface area contributed by atoms with Crippen LogP contribution in [0.4, 0.5) is 13.2 Å². The molecule has 2 aromatic carbocycles. The molecule has 1 aromatic heterocycles. The van der Waals surface area contributed by atoms with Crippen LogP contribution in [0.25, 0.3) is 0 Å². The molecule has 9 heteroatoms. The average molecular weight is 378 g/mol. The fourth-order valence-electron chi connectivity index (χ4n) is 2.08. The summed E-state index contributed by atoms with van der Waals surface area (Å²) < 4.78 is 45.0. The van der Waals surface area contributed by atoms with E-state index in [-0.39, 0.29) is 11.4 Å². The van der Waals surface area contributed by atoms with Gasteiger partial charge in [-0.3, -0.25) is 0 Å². The van der Waals surface area contributed by atoms with E-state index in [4.69, 9.17) is 17.0 Å². The quantitative estimate of drug-likeness (QED) is 0.528. The van der Waals surface area contributed by atoms with E-state index in [1.165, 1.54) is 23.0 Å². The number of nitrogens with zero attached hydrogens (tertiary/aromatic N) is 3. The van der Waals surface area contributed by atoms with Crippen molar-refractivity contribution in [2.75, 3.05) is 0 Å². The van der Waals surface area contributed by atoms with E-state index < -0.39 is 11.7 Å². The maximum atomic E-state index is 12.6. The number of aromatic amines is 1. The molecule has 0 spiro atoms. The number of para-hydroxylation sites is 1. The molecule has 0 amide bonds. The predicted molar refractivity (Wildman–Crippen MR) is 92.6 cm³/mol. The lowest BCUT2D eigenvalue weighted by atomic mass is 10.1. The van der Waals surface area contributed by atoms with Gasteiger partial charge < -0.3 is 4.74 Å². The van der Waals surface area contributed by atoms with Crippen molar-refractivity contribution >= 4 is 18.4 Å². The summed E-state index contributed by atoms with van der Waals surface area (Å²) in [5.74, 6) is 1.10. The lowest BCUT2D eigenvalue weighted by Crippen LogP contribution is -2.05. The van der Waals surface area contributed by atoms with Crippen LogP contribution in [0.1, 0.15) is 17.0 Å². The molecule has 0 atom stereocenters. The molecule has 0 saturated carbocycles. The number of rotatable bonds is 5. The highest BCUT2D eigenvalue weighted by Gasteiger charge is 2.29. The normalized spacial score (nSPS) is 11.8. The van der Waals surface area contributed by atoms with Crippen molar-refractivity contribution in [3.63, 3.8) is 0 Å². The molecule has 0 radical (unpaired) electrons. The molecule has 0 aliphatic heterocycles. The zero-order valence-electron chi connectivity index (χ0n) is 13.3. The number of H-pyrrole nitrogens is 1. The Morgan fingerprint density at radius 3 is 2.46 bits per heavy atom. The minimum Gasteiger partial charge on any atom is -0.486 e. The Labute approximate surface area is 151 Å². The van der Waals surface area contributed by atoms with E-state index in [0.717, 1.165) is 12.1 Å². The van der Waals surface area contributed by atoms with Gasteiger partial charge in [0.2, 0.25) is 4.77 Å². The number of alkyl halides is 3. The molecule has 0 bridgehead atoms. The van der Waals surface area contributed by atoms with Crippen LogP contribution >= 0.6 is 12.2 Å². The molecule has 0 aliphatic rings. The van der Waals surface area contributed by atoms with Crippen LogP contribution < -0.4 is 4.74 Å². The van der Waals surface area contributed by atoms with Crippen molar-refractivity contribution in [2.45, 2.75) is 12.8 Å². The molecule has 0 saturated heterocycles. The summed E-state index contributed by atoms with van der Waals surface area (Å²) in [6.45, 7) is 0.126. The van der Waals surface area contributed by atoms with Gasteiger partial charge in [0.1, 0.15) is 12.4 Å². The number of halogens is 3. The molecule has 0 aliphatic carbocycles. The SMILES string of the molecule is FC(F)(F)c1ccc(/C=N/n2c(COc3ccccc3)n[nH]c2=S)cc1. The molecule has 26 heavy (non-hydrogen) atoms. The van der Waals surface area contributed by atoms with Gasteiger partial charge in [-0.2, -0.15) is 28.0 Å². The number of hydrogen-bond acceptors (Lipinski definition) is 4. The summed E-state index contributed by atoms with van der Waals surface area (Å²) >= 11 is 5.12. The molecule has 1 heterocycles. The Balaban J connectivity index is 1.74. The second kappa shape index (κ2) is 7.52. The van der Waals surface area contributed by atoms with Crippen molar-refractivity contribution in [1.82, 2.24) is 14.9 Å². The lowest BCUT2D eigenvalue weighted by molar-refractivity contribution is -0.137. The van der Waals surface area contributed by atoms with Crippen LogP contribution in [0.2, 0.25) is 0 Å². The molecular weight excluding hydrogens is 365 g/mol. The van der Waals surface area contributed by atoms with Crippen molar-refractivity contribution in [1.29, 1.82) is 0 Å². The first-order chi connectivity index (χ1) is 12.4. The standard InChI is InChI=1S/C17H13F3N4OS/c18-17(19,20)13-8-6-12(7-9-13)10-21-24-15(22-23-16(24)26)11-25-14-4-2-1-3-5-14/h1-10H,11H2,(H,23,26)/b21-10+. The van der Waals surface area contributed by atoms with E-state index in [2.05, 4.69) is 15.3 Å². The van der Waals surface area contributed by atoms with Crippen LogP contribution in [-0.2, 0) is 12.8 Å². The van der Waals surface area contributed by atoms with Gasteiger partial charge in [-0.25, -0.2) is 5.10 Å². The highest BCUT2D eigenvalue weighted by atomic mass is 32.1. The van der Waals surface area contributed by atoms with Crippen LogP contribution in [0.5, 0.6) is 5.75 Å². The summed E-state index contributed by atoms with van der Waals surface area (Å²) in [5, 5.41) is 10.8. The van der Waals surface area contributed by atoms with Gasteiger partial charge >= 0.3 is 6.18 Å². The third-order valence-electron chi connectivity index (χ3n) is 3.39. The van der Waals surface area contributed by atoms with E-state index in [1.807, 2.05) is 18.2 Å². The Hall–Kier alpha value is -2.94. The Bertz CT molecular complexity index is 947. The first kappa shape index (κ1) is 17.9. The number of hydrogen-bond donors (Lipinski definition) is 1. The molecular formula is C17H13F3N4OS. The monoisotopic (exact) mass is 378 g/mol. The van der Waals surface area contributed by atoms with Gasteiger partial charge in [0.05, 0.1) is 11.8 Å². The molecule has 0 unspecified atom stereocenters. The number of benzene rings is 2. The van der Waals surface area contributed by atoms with Crippen LogP contribution in [0, 0.1) is 4.77 Å². The third-order valence-corrected chi connectivity index (χ3v) is 3.65. The van der Waals surface area contributed by atoms with Crippen molar-refractivity contribution < 1.29 is 17.9 Å². The van der Waals surface area contributed by atoms with E-state index >= 15 is 0 Å². The summed E-state index contributed by atoms with van der Waals surface area (Å²) in [6.07, 6.45) is -2.97. The van der Waals surface area contributed by atoms with E-state index in [0.29, 0.717) is 17.1 Å². The average Bonchev–Trinajstić information content (AvgIpc) is 2.98. The molecule has 3 aromatic rings. The van der Waals surface area contributed by atoms with Crippen molar-refractivity contribution in [3.05, 3.63) is 76.3 Å². The Morgan fingerprint density at radius 1 is 1.12 bits per heavy atom. The van der Waals surface area contributed by atoms with Gasteiger partial charge in [0.15, 0.2) is 5.82 Å². The molecule has 0 fully saturated rings. The molecule has 3 rings (SSSR count). The van der Waals surface area contributed by atoms with Crippen molar-refractivity contribution in [3.8, 4) is 5.75 Å². The zero-order valence-corrected chi connectivity index (χ0v) is 14.1. The van der Waals surface area contributed by atoms with Crippen molar-refractivity contribution in [2.24, 2.45) is 5.10 Å². The first-order valence-electron chi connectivity index (χ1n) is 7.49. The summed E-state index contributed by atoms with van der Waals surface area (Å²) in [7, 11) is 0. The van der Waals surface area contributed by atoms with Crippen LogP contribution in [0.3, 0.4) is 0 Å². The fraction of sp³-hybridized carbons (Fsp3) is 0.118. The Kier molecular flexibility index (Phi) is 5.17. The van der Waals surface area contributed by atoms with Crippen LogP contribution in [-0.4, -0.2) is 21.1 Å². The summed E-state index contributed by atoms with van der Waals surface area (Å²) in [4.78, 5) is 0. The highest BCUT2D eigenvalue weighted by molar-refractivity contribution is 7.71. The fourth-order valence-corrected chi connectivity index (χ4v) is 2.28. The largest absolute Gasteiger partial charge is 0.486 e. The van der Waals surface area contributed by atoms with Gasteiger partial charge in [-0.05, 0) is 42.0 Å². The smallest absolute Gasteiger partial charge is 0.416 e. The summed E-state index contributed by atoms with van der Waals surface area (Å²) in [6, 6.07) is 13.8. The minimum atomic E-state index is -4.37.